The highest BCUT2D eigenvalue weighted by molar-refractivity contribution is 7.14. The summed E-state index contributed by atoms with van der Waals surface area (Å²) in [6.45, 7) is 1.97. The summed E-state index contributed by atoms with van der Waals surface area (Å²) in [5, 5.41) is 3.62. The molecule has 1 aliphatic carbocycles. The molecule has 21 heavy (non-hydrogen) atoms. The number of carbonyl (C=O) groups is 1. The molecule has 2 aromatic rings. The number of rotatable bonds is 2. The van der Waals surface area contributed by atoms with Crippen molar-refractivity contribution in [1.29, 1.82) is 0 Å². The van der Waals surface area contributed by atoms with Crippen molar-refractivity contribution < 1.29 is 4.79 Å². The number of nitrogens with one attached hydrogen (secondary N) is 1. The van der Waals surface area contributed by atoms with Gasteiger partial charge in [0.15, 0.2) is 0 Å². The number of halogens is 1. The summed E-state index contributed by atoms with van der Waals surface area (Å²) in [5.41, 5.74) is 3.17. The van der Waals surface area contributed by atoms with E-state index in [4.69, 9.17) is 11.6 Å². The van der Waals surface area contributed by atoms with Gasteiger partial charge in [-0.2, -0.15) is 0 Å². The van der Waals surface area contributed by atoms with E-state index in [-0.39, 0.29) is 5.91 Å². The monoisotopic (exact) mass is 319 g/mol. The lowest BCUT2D eigenvalue weighted by Crippen LogP contribution is -2.11. The first-order valence-electron chi connectivity index (χ1n) is 7.32. The van der Waals surface area contributed by atoms with Gasteiger partial charge in [-0.15, -0.1) is 11.3 Å². The van der Waals surface area contributed by atoms with Crippen LogP contribution in [0.3, 0.4) is 0 Å². The Kier molecular flexibility index (Phi) is 4.32. The van der Waals surface area contributed by atoms with Gasteiger partial charge in [-0.3, -0.25) is 4.79 Å². The number of hydrogen-bond acceptors (Lipinski definition) is 2. The molecule has 1 N–H and O–H groups in total. The average molecular weight is 320 g/mol. The lowest BCUT2D eigenvalue weighted by Gasteiger charge is -2.07. The minimum absolute atomic E-state index is 0.0292. The van der Waals surface area contributed by atoms with E-state index < -0.39 is 0 Å². The second kappa shape index (κ2) is 6.20. The number of benzene rings is 1. The predicted molar refractivity (Wildman–Crippen MR) is 89.7 cm³/mol. The quantitative estimate of drug-likeness (QED) is 0.754. The van der Waals surface area contributed by atoms with Gasteiger partial charge in [-0.25, -0.2) is 0 Å². The topological polar surface area (TPSA) is 29.1 Å². The number of hydrogen-bond donors (Lipinski definition) is 1. The lowest BCUT2D eigenvalue weighted by molar-refractivity contribution is 0.103. The molecule has 0 atom stereocenters. The molecule has 0 saturated carbocycles. The zero-order valence-corrected chi connectivity index (χ0v) is 13.6. The summed E-state index contributed by atoms with van der Waals surface area (Å²) in [4.78, 5) is 14.6. The molecule has 0 fully saturated rings. The van der Waals surface area contributed by atoms with Gasteiger partial charge in [0.1, 0.15) is 0 Å². The molecule has 1 aromatic heterocycles. The normalized spacial score (nSPS) is 14.4. The Morgan fingerprint density at radius 3 is 2.86 bits per heavy atom. The van der Waals surface area contributed by atoms with Crippen molar-refractivity contribution in [2.45, 2.75) is 39.0 Å². The third kappa shape index (κ3) is 3.30. The summed E-state index contributed by atoms with van der Waals surface area (Å²) in [6.07, 6.45) is 5.99. The van der Waals surface area contributed by atoms with Crippen LogP contribution in [0, 0.1) is 6.92 Å². The summed E-state index contributed by atoms with van der Waals surface area (Å²) in [7, 11) is 0. The van der Waals surface area contributed by atoms with Crippen LogP contribution >= 0.6 is 22.9 Å². The van der Waals surface area contributed by atoms with E-state index in [1.54, 1.807) is 17.4 Å². The number of amides is 1. The van der Waals surface area contributed by atoms with Gasteiger partial charge in [0, 0.05) is 15.6 Å². The number of fused-ring (bicyclic) bond motifs is 1. The second-order valence-corrected chi connectivity index (χ2v) is 7.11. The van der Waals surface area contributed by atoms with Crippen molar-refractivity contribution in [2.75, 3.05) is 5.32 Å². The Morgan fingerprint density at radius 2 is 2.00 bits per heavy atom. The highest BCUT2D eigenvalue weighted by Crippen LogP contribution is 2.30. The molecule has 0 spiro atoms. The van der Waals surface area contributed by atoms with E-state index in [1.807, 2.05) is 19.1 Å². The molecule has 0 unspecified atom stereocenters. The largest absolute Gasteiger partial charge is 0.321 e. The Hall–Kier alpha value is -1.32. The molecule has 1 aliphatic rings. The molecule has 1 amide bonds. The van der Waals surface area contributed by atoms with E-state index in [1.165, 1.54) is 29.7 Å². The fourth-order valence-corrected chi connectivity index (χ4v) is 4.01. The summed E-state index contributed by atoms with van der Waals surface area (Å²) >= 11 is 7.64. The fraction of sp³-hybridized carbons (Fsp3) is 0.353. The average Bonchev–Trinajstić information content (AvgIpc) is 2.74. The van der Waals surface area contributed by atoms with Crippen molar-refractivity contribution in [3.63, 3.8) is 0 Å². The number of carbonyl (C=O) groups excluding carboxylic acids is 1. The molecule has 110 valence electrons. The van der Waals surface area contributed by atoms with Crippen LogP contribution in [0.1, 0.15) is 44.9 Å². The molecule has 4 heteroatoms. The molecular formula is C17H18ClNOS. The van der Waals surface area contributed by atoms with Crippen molar-refractivity contribution in [1.82, 2.24) is 0 Å². The maximum absolute atomic E-state index is 12.4. The number of anilines is 1. The molecule has 0 radical (unpaired) electrons. The zero-order valence-electron chi connectivity index (χ0n) is 12.0. The van der Waals surface area contributed by atoms with Gasteiger partial charge in [0.2, 0.25) is 0 Å². The molecule has 1 aromatic carbocycles. The first-order valence-corrected chi connectivity index (χ1v) is 8.52. The van der Waals surface area contributed by atoms with E-state index in [0.717, 1.165) is 29.0 Å². The van der Waals surface area contributed by atoms with Crippen LogP contribution in [0.25, 0.3) is 0 Å². The summed E-state index contributed by atoms with van der Waals surface area (Å²) < 4.78 is 0. The standard InChI is InChI=1S/C17H18ClNOS/c1-11-7-8-13(18)10-14(11)19-17(20)16-9-12-5-3-2-4-6-15(12)21-16/h7-10H,2-6H2,1H3,(H,19,20). The highest BCUT2D eigenvalue weighted by atomic mass is 35.5. The maximum atomic E-state index is 12.4. The van der Waals surface area contributed by atoms with Gasteiger partial charge in [0.05, 0.1) is 4.88 Å². The predicted octanol–water partition coefficient (Wildman–Crippen LogP) is 5.23. The van der Waals surface area contributed by atoms with E-state index >= 15 is 0 Å². The van der Waals surface area contributed by atoms with Gasteiger partial charge in [-0.05, 0) is 61.9 Å². The second-order valence-electron chi connectivity index (χ2n) is 5.53. The molecule has 0 bridgehead atoms. The van der Waals surface area contributed by atoms with E-state index in [0.29, 0.717) is 5.02 Å². The van der Waals surface area contributed by atoms with Crippen molar-refractivity contribution >= 4 is 34.5 Å². The van der Waals surface area contributed by atoms with Gasteiger partial charge >= 0.3 is 0 Å². The molecule has 0 aliphatic heterocycles. The number of aryl methyl sites for hydroxylation is 3. The highest BCUT2D eigenvalue weighted by Gasteiger charge is 2.17. The third-order valence-corrected chi connectivity index (χ3v) is 5.39. The van der Waals surface area contributed by atoms with E-state index in [9.17, 15) is 4.79 Å². The van der Waals surface area contributed by atoms with Gasteiger partial charge in [0.25, 0.3) is 5.91 Å². The van der Waals surface area contributed by atoms with E-state index in [2.05, 4.69) is 11.4 Å². The lowest BCUT2D eigenvalue weighted by atomic mass is 10.1. The summed E-state index contributed by atoms with van der Waals surface area (Å²) in [5.74, 6) is -0.0292. The van der Waals surface area contributed by atoms with Gasteiger partial charge in [-0.1, -0.05) is 24.1 Å². The minimum atomic E-state index is -0.0292. The van der Waals surface area contributed by atoms with Crippen LogP contribution in [-0.2, 0) is 12.8 Å². The van der Waals surface area contributed by atoms with Crippen LogP contribution in [-0.4, -0.2) is 5.91 Å². The minimum Gasteiger partial charge on any atom is -0.321 e. The van der Waals surface area contributed by atoms with Crippen LogP contribution in [0.15, 0.2) is 24.3 Å². The molecule has 2 nitrogen and oxygen atoms in total. The molecular weight excluding hydrogens is 302 g/mol. The number of thiophene rings is 1. The molecule has 1 heterocycles. The van der Waals surface area contributed by atoms with Crippen molar-refractivity contribution in [3.05, 3.63) is 50.2 Å². The Morgan fingerprint density at radius 1 is 1.19 bits per heavy atom. The molecule has 3 rings (SSSR count). The Labute approximate surface area is 134 Å². The van der Waals surface area contributed by atoms with Crippen molar-refractivity contribution in [2.24, 2.45) is 0 Å². The third-order valence-electron chi connectivity index (χ3n) is 3.92. The first-order chi connectivity index (χ1) is 10.1. The first kappa shape index (κ1) is 14.6. The summed E-state index contributed by atoms with van der Waals surface area (Å²) in [6, 6.07) is 7.62. The van der Waals surface area contributed by atoms with Crippen LogP contribution in [0.5, 0.6) is 0 Å². The van der Waals surface area contributed by atoms with Crippen LogP contribution < -0.4 is 5.32 Å². The van der Waals surface area contributed by atoms with Crippen LogP contribution in [0.2, 0.25) is 5.02 Å². The maximum Gasteiger partial charge on any atom is 0.265 e. The smallest absolute Gasteiger partial charge is 0.265 e. The van der Waals surface area contributed by atoms with Crippen molar-refractivity contribution in [3.8, 4) is 0 Å². The SMILES string of the molecule is Cc1ccc(Cl)cc1NC(=O)c1cc2c(s1)CCCCC2. The molecule has 0 saturated heterocycles. The Balaban J connectivity index is 1.81. The van der Waals surface area contributed by atoms with Crippen LogP contribution in [0.4, 0.5) is 5.69 Å². The van der Waals surface area contributed by atoms with Gasteiger partial charge < -0.3 is 5.32 Å². The zero-order chi connectivity index (χ0) is 14.8. The fourth-order valence-electron chi connectivity index (χ4n) is 2.69. The Bertz CT molecular complexity index is 654.